The van der Waals surface area contributed by atoms with Gasteiger partial charge in [-0.15, -0.1) is 0 Å². The summed E-state index contributed by atoms with van der Waals surface area (Å²) in [4.78, 5) is 23.1. The molecule has 23 heavy (non-hydrogen) atoms. The van der Waals surface area contributed by atoms with Crippen molar-refractivity contribution in [2.24, 2.45) is 5.10 Å². The lowest BCUT2D eigenvalue weighted by molar-refractivity contribution is 0.0950. The van der Waals surface area contributed by atoms with Gasteiger partial charge < -0.3 is 4.90 Å². The number of hydrogen-bond acceptors (Lipinski definition) is 6. The summed E-state index contributed by atoms with van der Waals surface area (Å²) in [5, 5.41) is 5.26. The minimum Gasteiger partial charge on any atom is -0.348 e. The van der Waals surface area contributed by atoms with Crippen LogP contribution < -0.4 is 10.3 Å². The summed E-state index contributed by atoms with van der Waals surface area (Å²) < 4.78 is 0. The van der Waals surface area contributed by atoms with E-state index in [0.29, 0.717) is 10.8 Å². The Morgan fingerprint density at radius 2 is 2.17 bits per heavy atom. The number of carbonyl (C=O) groups excluding carboxylic acids is 1. The van der Waals surface area contributed by atoms with Gasteiger partial charge in [-0.3, -0.25) is 9.78 Å². The summed E-state index contributed by atoms with van der Waals surface area (Å²) in [6.45, 7) is 2.02. The number of halogens is 1. The number of nitrogens with one attached hydrogen (secondary N) is 1. The summed E-state index contributed by atoms with van der Waals surface area (Å²) in [5.74, 6) is -0.362. The highest BCUT2D eigenvalue weighted by Crippen LogP contribution is 2.30. The average molecular weight is 350 g/mol. The second-order valence-electron chi connectivity index (χ2n) is 5.11. The van der Waals surface area contributed by atoms with Crippen molar-refractivity contribution in [1.29, 1.82) is 0 Å². The van der Waals surface area contributed by atoms with Crippen LogP contribution in [0, 0.1) is 0 Å². The third-order valence-electron chi connectivity index (χ3n) is 3.47. The maximum Gasteiger partial charge on any atom is 0.289 e. The Kier molecular flexibility index (Phi) is 5.19. The van der Waals surface area contributed by atoms with Gasteiger partial charge in [0.05, 0.1) is 11.1 Å². The van der Waals surface area contributed by atoms with Crippen LogP contribution in [0.25, 0.3) is 0 Å². The van der Waals surface area contributed by atoms with Gasteiger partial charge >= 0.3 is 0 Å². The molecule has 0 saturated carbocycles. The van der Waals surface area contributed by atoms with Crippen LogP contribution in [0.2, 0.25) is 5.15 Å². The standard InChI is InChI=1S/C15H16ClN5OS/c16-13-12(23-15(19-13)21-8-4-1-5-9-21)10-18-20-14(22)11-6-2-3-7-17-11/h2-3,6-7,10H,1,4-5,8-9H2,(H,20,22)/b18-10-. The number of pyridine rings is 1. The second kappa shape index (κ2) is 7.52. The fourth-order valence-corrected chi connectivity index (χ4v) is 3.48. The SMILES string of the molecule is O=C(N/N=C\c1sc(N2CCCCC2)nc1Cl)c1ccccn1. The first-order chi connectivity index (χ1) is 11.2. The lowest BCUT2D eigenvalue weighted by atomic mass is 10.1. The summed E-state index contributed by atoms with van der Waals surface area (Å²) in [5.41, 5.74) is 2.75. The van der Waals surface area contributed by atoms with Crippen molar-refractivity contribution in [2.45, 2.75) is 19.3 Å². The number of anilines is 1. The molecule has 120 valence electrons. The van der Waals surface area contributed by atoms with Gasteiger partial charge in [0.2, 0.25) is 0 Å². The van der Waals surface area contributed by atoms with Crippen molar-refractivity contribution in [1.82, 2.24) is 15.4 Å². The zero-order valence-corrected chi connectivity index (χ0v) is 14.0. The zero-order valence-electron chi connectivity index (χ0n) is 12.4. The summed E-state index contributed by atoms with van der Waals surface area (Å²) in [6.07, 6.45) is 6.71. The molecule has 1 saturated heterocycles. The van der Waals surface area contributed by atoms with Crippen LogP contribution in [0.4, 0.5) is 5.13 Å². The van der Waals surface area contributed by atoms with E-state index in [0.717, 1.165) is 23.1 Å². The Morgan fingerprint density at radius 3 is 2.91 bits per heavy atom. The molecule has 2 aromatic heterocycles. The predicted molar refractivity (Wildman–Crippen MR) is 92.5 cm³/mol. The number of aromatic nitrogens is 2. The first-order valence-corrected chi connectivity index (χ1v) is 8.59. The normalized spacial score (nSPS) is 15.1. The van der Waals surface area contributed by atoms with Crippen molar-refractivity contribution >= 4 is 40.2 Å². The molecule has 0 atom stereocenters. The van der Waals surface area contributed by atoms with Crippen LogP contribution in [0.1, 0.15) is 34.6 Å². The fourth-order valence-electron chi connectivity index (χ4n) is 2.31. The molecule has 3 heterocycles. The minimum atomic E-state index is -0.362. The van der Waals surface area contributed by atoms with Gasteiger partial charge in [0.25, 0.3) is 5.91 Å². The van der Waals surface area contributed by atoms with Gasteiger partial charge in [-0.2, -0.15) is 5.10 Å². The van der Waals surface area contributed by atoms with Crippen LogP contribution in [-0.4, -0.2) is 35.2 Å². The van der Waals surface area contributed by atoms with E-state index in [-0.39, 0.29) is 5.91 Å². The predicted octanol–water partition coefficient (Wildman–Crippen LogP) is 2.95. The van der Waals surface area contributed by atoms with Crippen molar-refractivity contribution in [3.63, 3.8) is 0 Å². The average Bonchev–Trinajstić information content (AvgIpc) is 2.97. The quantitative estimate of drug-likeness (QED) is 0.680. The topological polar surface area (TPSA) is 70.5 Å². The van der Waals surface area contributed by atoms with Crippen molar-refractivity contribution in [2.75, 3.05) is 18.0 Å². The molecule has 1 amide bonds. The number of rotatable bonds is 4. The highest BCUT2D eigenvalue weighted by atomic mass is 35.5. The number of hydrazone groups is 1. The van der Waals surface area contributed by atoms with Gasteiger partial charge in [0.15, 0.2) is 10.3 Å². The van der Waals surface area contributed by atoms with E-state index >= 15 is 0 Å². The third-order valence-corrected chi connectivity index (χ3v) is 4.92. The molecule has 0 radical (unpaired) electrons. The molecular formula is C15H16ClN5OS. The number of carbonyl (C=O) groups is 1. The molecular weight excluding hydrogens is 334 g/mol. The summed E-state index contributed by atoms with van der Waals surface area (Å²) in [6, 6.07) is 5.12. The molecule has 0 unspecified atom stereocenters. The Bertz CT molecular complexity index is 697. The van der Waals surface area contributed by atoms with Crippen LogP contribution >= 0.6 is 22.9 Å². The Morgan fingerprint density at radius 1 is 1.35 bits per heavy atom. The van der Waals surface area contributed by atoms with Crippen molar-refractivity contribution in [3.05, 3.63) is 40.1 Å². The van der Waals surface area contributed by atoms with Gasteiger partial charge in [0.1, 0.15) is 5.69 Å². The summed E-state index contributed by atoms with van der Waals surface area (Å²) in [7, 11) is 0. The molecule has 1 aliphatic rings. The molecule has 2 aromatic rings. The van der Waals surface area contributed by atoms with E-state index in [4.69, 9.17) is 11.6 Å². The number of piperidine rings is 1. The second-order valence-corrected chi connectivity index (χ2v) is 6.48. The van der Waals surface area contributed by atoms with Crippen LogP contribution in [0.15, 0.2) is 29.5 Å². The minimum absolute atomic E-state index is 0.314. The Hall–Kier alpha value is -1.99. The number of thiazole rings is 1. The van der Waals surface area contributed by atoms with E-state index in [2.05, 4.69) is 25.4 Å². The molecule has 8 heteroatoms. The van der Waals surface area contributed by atoms with Crippen LogP contribution in [0.5, 0.6) is 0 Å². The molecule has 1 N–H and O–H groups in total. The maximum atomic E-state index is 11.8. The van der Waals surface area contributed by atoms with Gasteiger partial charge in [0, 0.05) is 19.3 Å². The first kappa shape index (κ1) is 15.9. The van der Waals surface area contributed by atoms with E-state index in [1.807, 2.05) is 0 Å². The highest BCUT2D eigenvalue weighted by molar-refractivity contribution is 7.17. The van der Waals surface area contributed by atoms with E-state index in [9.17, 15) is 4.79 Å². The molecule has 3 rings (SSSR count). The highest BCUT2D eigenvalue weighted by Gasteiger charge is 2.16. The Labute approximate surface area is 143 Å². The van der Waals surface area contributed by atoms with Gasteiger partial charge in [-0.05, 0) is 31.4 Å². The van der Waals surface area contributed by atoms with Crippen LogP contribution in [-0.2, 0) is 0 Å². The molecule has 1 aliphatic heterocycles. The molecule has 0 bridgehead atoms. The molecule has 0 spiro atoms. The van der Waals surface area contributed by atoms with Crippen molar-refractivity contribution in [3.8, 4) is 0 Å². The molecule has 1 fully saturated rings. The monoisotopic (exact) mass is 349 g/mol. The Balaban J connectivity index is 1.63. The van der Waals surface area contributed by atoms with E-state index in [1.54, 1.807) is 24.4 Å². The largest absolute Gasteiger partial charge is 0.348 e. The van der Waals surface area contributed by atoms with Crippen LogP contribution in [0.3, 0.4) is 0 Å². The number of amides is 1. The van der Waals surface area contributed by atoms with Crippen molar-refractivity contribution < 1.29 is 4.79 Å². The fraction of sp³-hybridized carbons (Fsp3) is 0.333. The molecule has 6 nitrogen and oxygen atoms in total. The molecule has 0 aromatic carbocycles. The van der Waals surface area contributed by atoms with Gasteiger partial charge in [-0.1, -0.05) is 29.0 Å². The first-order valence-electron chi connectivity index (χ1n) is 7.40. The third kappa shape index (κ3) is 4.05. The zero-order chi connectivity index (χ0) is 16.1. The lowest BCUT2D eigenvalue weighted by Crippen LogP contribution is -2.29. The van der Waals surface area contributed by atoms with E-state index < -0.39 is 0 Å². The maximum absolute atomic E-state index is 11.8. The van der Waals surface area contributed by atoms with Gasteiger partial charge in [-0.25, -0.2) is 10.4 Å². The van der Waals surface area contributed by atoms with E-state index in [1.165, 1.54) is 36.8 Å². The lowest BCUT2D eigenvalue weighted by Gasteiger charge is -2.25. The number of nitrogens with zero attached hydrogens (tertiary/aromatic N) is 4. The summed E-state index contributed by atoms with van der Waals surface area (Å²) >= 11 is 7.63. The molecule has 0 aliphatic carbocycles. The smallest absolute Gasteiger partial charge is 0.289 e. The number of hydrogen-bond donors (Lipinski definition) is 1.